The van der Waals surface area contributed by atoms with Crippen LogP contribution >= 0.6 is 22.9 Å². The number of halogens is 1. The predicted molar refractivity (Wildman–Crippen MR) is 130 cm³/mol. The van der Waals surface area contributed by atoms with Crippen LogP contribution in [0, 0.1) is 0 Å². The molecule has 2 heterocycles. The summed E-state index contributed by atoms with van der Waals surface area (Å²) in [6, 6.07) is 8.89. The lowest BCUT2D eigenvalue weighted by Gasteiger charge is -2.37. The predicted octanol–water partition coefficient (Wildman–Crippen LogP) is 5.13. The minimum Gasteiger partial charge on any atom is -0.491 e. The first-order chi connectivity index (χ1) is 15.2. The summed E-state index contributed by atoms with van der Waals surface area (Å²) in [5.41, 5.74) is 0.766. The van der Waals surface area contributed by atoms with Gasteiger partial charge in [-0.1, -0.05) is 18.5 Å². The SMILES string of the molecule is CCCN(CC(=O)N1CCc2sccc2[C@@H]1COc1ccc(Cl)cc1)C(=O)NC(C)(C)C. The van der Waals surface area contributed by atoms with E-state index in [2.05, 4.69) is 16.8 Å². The Morgan fingerprint density at radius 3 is 2.62 bits per heavy atom. The Labute approximate surface area is 199 Å². The molecule has 1 atom stereocenters. The van der Waals surface area contributed by atoms with Crippen LogP contribution in [-0.4, -0.2) is 53.5 Å². The quantitative estimate of drug-likeness (QED) is 0.601. The van der Waals surface area contributed by atoms with Gasteiger partial charge in [0.1, 0.15) is 18.9 Å². The summed E-state index contributed by atoms with van der Waals surface area (Å²) in [6.07, 6.45) is 1.60. The summed E-state index contributed by atoms with van der Waals surface area (Å²) in [5.74, 6) is 0.644. The summed E-state index contributed by atoms with van der Waals surface area (Å²) in [7, 11) is 0. The van der Waals surface area contributed by atoms with Crippen molar-refractivity contribution in [2.45, 2.75) is 52.1 Å². The number of thiophene rings is 1. The molecule has 1 aromatic heterocycles. The third-order valence-electron chi connectivity index (χ3n) is 5.23. The van der Waals surface area contributed by atoms with Crippen molar-refractivity contribution in [2.75, 3.05) is 26.2 Å². The number of hydrogen-bond acceptors (Lipinski definition) is 4. The average molecular weight is 478 g/mol. The Morgan fingerprint density at radius 2 is 1.97 bits per heavy atom. The maximum atomic E-state index is 13.4. The summed E-state index contributed by atoms with van der Waals surface area (Å²) in [5, 5.41) is 5.68. The Morgan fingerprint density at radius 1 is 1.25 bits per heavy atom. The Kier molecular flexibility index (Phi) is 8.06. The van der Waals surface area contributed by atoms with E-state index >= 15 is 0 Å². The molecule has 6 nitrogen and oxygen atoms in total. The van der Waals surface area contributed by atoms with Gasteiger partial charge in [-0.25, -0.2) is 4.79 Å². The second-order valence-electron chi connectivity index (χ2n) is 9.02. The van der Waals surface area contributed by atoms with E-state index in [1.807, 2.05) is 44.7 Å². The molecule has 0 bridgehead atoms. The third kappa shape index (κ3) is 6.39. The molecule has 0 saturated carbocycles. The topological polar surface area (TPSA) is 61.9 Å². The van der Waals surface area contributed by atoms with Gasteiger partial charge in [0, 0.05) is 28.5 Å². The van der Waals surface area contributed by atoms with E-state index in [1.165, 1.54) is 4.88 Å². The van der Waals surface area contributed by atoms with E-state index in [4.69, 9.17) is 16.3 Å². The fourth-order valence-electron chi connectivity index (χ4n) is 3.76. The van der Waals surface area contributed by atoms with Crippen molar-refractivity contribution in [1.82, 2.24) is 15.1 Å². The number of amides is 3. The van der Waals surface area contributed by atoms with Crippen molar-refractivity contribution < 1.29 is 14.3 Å². The van der Waals surface area contributed by atoms with Crippen molar-refractivity contribution in [3.05, 3.63) is 51.2 Å². The molecular weight excluding hydrogens is 446 g/mol. The third-order valence-corrected chi connectivity index (χ3v) is 6.47. The van der Waals surface area contributed by atoms with Gasteiger partial charge in [0.15, 0.2) is 0 Å². The molecule has 0 aliphatic carbocycles. The maximum absolute atomic E-state index is 13.4. The zero-order valence-corrected chi connectivity index (χ0v) is 20.8. The monoisotopic (exact) mass is 477 g/mol. The van der Waals surface area contributed by atoms with Gasteiger partial charge in [0.05, 0.1) is 6.04 Å². The number of benzene rings is 1. The summed E-state index contributed by atoms with van der Waals surface area (Å²) < 4.78 is 6.03. The van der Waals surface area contributed by atoms with E-state index in [9.17, 15) is 9.59 Å². The zero-order chi connectivity index (χ0) is 23.3. The first-order valence-electron chi connectivity index (χ1n) is 11.0. The molecule has 2 aromatic rings. The standard InChI is InChI=1S/C24H32ClN3O3S/c1-5-12-27(23(30)26-24(2,3)4)15-22(29)28-13-10-21-19(11-14-32-21)20(28)16-31-18-8-6-17(25)7-9-18/h6-9,11,14,20H,5,10,12-13,15-16H2,1-4H3,(H,26,30)/t20-/m0/s1. The second kappa shape index (κ2) is 10.6. The number of hydrogen-bond donors (Lipinski definition) is 1. The number of nitrogens with zero attached hydrogens (tertiary/aromatic N) is 2. The fraction of sp³-hybridized carbons (Fsp3) is 0.500. The molecule has 0 saturated heterocycles. The maximum Gasteiger partial charge on any atom is 0.318 e. The van der Waals surface area contributed by atoms with Gasteiger partial charge in [0.25, 0.3) is 0 Å². The van der Waals surface area contributed by atoms with E-state index < -0.39 is 0 Å². The van der Waals surface area contributed by atoms with Crippen molar-refractivity contribution >= 4 is 34.9 Å². The van der Waals surface area contributed by atoms with Gasteiger partial charge >= 0.3 is 6.03 Å². The summed E-state index contributed by atoms with van der Waals surface area (Å²) >= 11 is 7.69. The Balaban J connectivity index is 1.74. The molecule has 1 aliphatic rings. The molecule has 0 spiro atoms. The number of urea groups is 1. The van der Waals surface area contributed by atoms with Crippen LogP contribution in [0.2, 0.25) is 5.02 Å². The van der Waals surface area contributed by atoms with Crippen LogP contribution in [0.4, 0.5) is 4.79 Å². The molecule has 1 aliphatic heterocycles. The number of carbonyl (C=O) groups excluding carboxylic acids is 2. The van der Waals surface area contributed by atoms with Gasteiger partial charge < -0.3 is 19.9 Å². The van der Waals surface area contributed by atoms with Crippen LogP contribution in [0.3, 0.4) is 0 Å². The molecule has 174 valence electrons. The van der Waals surface area contributed by atoms with Gasteiger partial charge in [-0.3, -0.25) is 4.79 Å². The highest BCUT2D eigenvalue weighted by molar-refractivity contribution is 7.10. The molecule has 1 N–H and O–H groups in total. The highest BCUT2D eigenvalue weighted by atomic mass is 35.5. The zero-order valence-electron chi connectivity index (χ0n) is 19.2. The number of ether oxygens (including phenoxy) is 1. The number of carbonyl (C=O) groups is 2. The Hall–Kier alpha value is -2.25. The molecular formula is C24H32ClN3O3S. The second-order valence-corrected chi connectivity index (χ2v) is 10.5. The van der Waals surface area contributed by atoms with Gasteiger partial charge in [0.2, 0.25) is 5.91 Å². The molecule has 0 fully saturated rings. The summed E-state index contributed by atoms with van der Waals surface area (Å²) in [6.45, 7) is 9.34. The molecule has 3 amide bonds. The molecule has 32 heavy (non-hydrogen) atoms. The lowest BCUT2D eigenvalue weighted by atomic mass is 10.0. The molecule has 8 heteroatoms. The number of nitrogens with one attached hydrogen (secondary N) is 1. The van der Waals surface area contributed by atoms with Crippen LogP contribution in [-0.2, 0) is 11.2 Å². The van der Waals surface area contributed by atoms with Gasteiger partial charge in [-0.05, 0) is 74.9 Å². The van der Waals surface area contributed by atoms with E-state index in [-0.39, 0.29) is 30.1 Å². The van der Waals surface area contributed by atoms with Crippen molar-refractivity contribution in [1.29, 1.82) is 0 Å². The largest absolute Gasteiger partial charge is 0.491 e. The van der Waals surface area contributed by atoms with Crippen molar-refractivity contribution in [3.8, 4) is 5.75 Å². The van der Waals surface area contributed by atoms with Crippen LogP contribution in [0.15, 0.2) is 35.7 Å². The minimum atomic E-state index is -0.363. The van der Waals surface area contributed by atoms with Crippen LogP contribution in [0.25, 0.3) is 0 Å². The highest BCUT2D eigenvalue weighted by Crippen LogP contribution is 2.34. The normalized spacial score (nSPS) is 15.8. The fourth-order valence-corrected chi connectivity index (χ4v) is 4.81. The number of fused-ring (bicyclic) bond motifs is 1. The molecule has 3 rings (SSSR count). The Bertz CT molecular complexity index is 923. The summed E-state index contributed by atoms with van der Waals surface area (Å²) in [4.78, 5) is 30.9. The van der Waals surface area contributed by atoms with Gasteiger partial charge in [-0.15, -0.1) is 11.3 Å². The highest BCUT2D eigenvalue weighted by Gasteiger charge is 2.33. The van der Waals surface area contributed by atoms with E-state index in [0.717, 1.165) is 18.4 Å². The van der Waals surface area contributed by atoms with Crippen LogP contribution in [0.5, 0.6) is 5.75 Å². The lowest BCUT2D eigenvalue weighted by Crippen LogP contribution is -2.53. The molecule has 0 radical (unpaired) electrons. The van der Waals surface area contributed by atoms with Crippen molar-refractivity contribution in [2.24, 2.45) is 0 Å². The number of rotatable bonds is 7. The first kappa shape index (κ1) is 24.4. The van der Waals surface area contributed by atoms with E-state index in [1.54, 1.807) is 28.4 Å². The average Bonchev–Trinajstić information content (AvgIpc) is 3.20. The smallest absolute Gasteiger partial charge is 0.318 e. The minimum absolute atomic E-state index is 0.0483. The van der Waals surface area contributed by atoms with Crippen molar-refractivity contribution in [3.63, 3.8) is 0 Å². The van der Waals surface area contributed by atoms with Gasteiger partial charge in [-0.2, -0.15) is 0 Å². The molecule has 1 aromatic carbocycles. The van der Waals surface area contributed by atoms with Crippen LogP contribution < -0.4 is 10.1 Å². The van der Waals surface area contributed by atoms with Crippen LogP contribution in [0.1, 0.15) is 50.6 Å². The first-order valence-corrected chi connectivity index (χ1v) is 12.2. The lowest BCUT2D eigenvalue weighted by molar-refractivity contribution is -0.135. The molecule has 0 unspecified atom stereocenters. The van der Waals surface area contributed by atoms with E-state index in [0.29, 0.717) is 30.5 Å².